The Balaban J connectivity index is 1.74. The van der Waals surface area contributed by atoms with Crippen LogP contribution in [0.3, 0.4) is 0 Å². The number of hydrogen-bond donors (Lipinski definition) is 2. The van der Waals surface area contributed by atoms with Gasteiger partial charge in [0.05, 0.1) is 18.9 Å². The predicted octanol–water partition coefficient (Wildman–Crippen LogP) is 2.34. The maximum atomic E-state index is 11.6. The largest absolute Gasteiger partial charge is 0.481 e. The van der Waals surface area contributed by atoms with E-state index in [2.05, 4.69) is 15.5 Å². The number of aliphatic carboxylic acids is 1. The van der Waals surface area contributed by atoms with Gasteiger partial charge in [0.25, 0.3) is 0 Å². The van der Waals surface area contributed by atoms with Gasteiger partial charge in [0.2, 0.25) is 5.91 Å². The Hall–Kier alpha value is -2.87. The number of amides is 1. The van der Waals surface area contributed by atoms with E-state index in [1.54, 1.807) is 18.5 Å². The third-order valence-corrected chi connectivity index (χ3v) is 4.30. The van der Waals surface area contributed by atoms with Crippen molar-refractivity contribution >= 4 is 35.0 Å². The lowest BCUT2D eigenvalue weighted by Gasteiger charge is -2.01. The van der Waals surface area contributed by atoms with Crippen LogP contribution in [0.4, 0.5) is 0 Å². The molecule has 1 aliphatic heterocycles. The first-order chi connectivity index (χ1) is 11.6. The number of amidine groups is 1. The molecule has 1 amide bonds. The van der Waals surface area contributed by atoms with E-state index in [-0.39, 0.29) is 17.5 Å². The van der Waals surface area contributed by atoms with Gasteiger partial charge >= 0.3 is 5.97 Å². The molecular formula is C16H13N3O4S. The van der Waals surface area contributed by atoms with Crippen molar-refractivity contribution in [3.05, 3.63) is 48.2 Å². The van der Waals surface area contributed by atoms with Crippen molar-refractivity contribution < 1.29 is 19.1 Å². The summed E-state index contributed by atoms with van der Waals surface area (Å²) in [5.74, 6) is -0.679. The van der Waals surface area contributed by atoms with Crippen LogP contribution in [0.5, 0.6) is 0 Å². The van der Waals surface area contributed by atoms with Crippen LogP contribution in [-0.2, 0) is 9.59 Å². The maximum absolute atomic E-state index is 11.6. The standard InChI is InChI=1S/C16H13N3O4S/c20-14(21)8-13-15(22)18-16(24-13)19-17-9-10-4-1-2-5-11(10)12-6-3-7-23-12/h1-7,9,13H,8H2,(H,20,21)(H,18,19,22). The number of carboxylic acid groups (broad SMARTS) is 1. The molecule has 1 saturated heterocycles. The van der Waals surface area contributed by atoms with E-state index in [1.807, 2.05) is 30.3 Å². The molecule has 2 aromatic rings. The number of nitrogens with zero attached hydrogens (tertiary/aromatic N) is 2. The smallest absolute Gasteiger partial charge is 0.305 e. The lowest BCUT2D eigenvalue weighted by atomic mass is 10.1. The molecular weight excluding hydrogens is 330 g/mol. The average Bonchev–Trinajstić information content (AvgIpc) is 3.18. The quantitative estimate of drug-likeness (QED) is 0.640. The molecule has 0 aliphatic carbocycles. The van der Waals surface area contributed by atoms with Crippen molar-refractivity contribution in [1.29, 1.82) is 0 Å². The van der Waals surface area contributed by atoms with E-state index in [0.29, 0.717) is 0 Å². The van der Waals surface area contributed by atoms with Crippen molar-refractivity contribution in [2.45, 2.75) is 11.7 Å². The Morgan fingerprint density at radius 1 is 1.33 bits per heavy atom. The minimum atomic E-state index is -1.03. The highest BCUT2D eigenvalue weighted by Gasteiger charge is 2.32. The number of hydrogen-bond acceptors (Lipinski definition) is 6. The number of benzene rings is 1. The minimum Gasteiger partial charge on any atom is -0.481 e. The Morgan fingerprint density at radius 2 is 2.17 bits per heavy atom. The summed E-state index contributed by atoms with van der Waals surface area (Å²) in [5, 5.41) is 18.8. The number of furan rings is 1. The van der Waals surface area contributed by atoms with Crippen LogP contribution in [-0.4, -0.2) is 33.6 Å². The zero-order valence-corrected chi connectivity index (χ0v) is 13.2. The molecule has 24 heavy (non-hydrogen) atoms. The van der Waals surface area contributed by atoms with Gasteiger partial charge in [-0.15, -0.1) is 5.10 Å². The van der Waals surface area contributed by atoms with Gasteiger partial charge < -0.3 is 14.8 Å². The fourth-order valence-corrected chi connectivity index (χ4v) is 3.07. The molecule has 0 radical (unpaired) electrons. The van der Waals surface area contributed by atoms with Gasteiger partial charge in [0.15, 0.2) is 5.17 Å². The number of rotatable bonds is 5. The van der Waals surface area contributed by atoms with Crippen LogP contribution in [0, 0.1) is 0 Å². The molecule has 1 fully saturated rings. The molecule has 1 unspecified atom stereocenters. The summed E-state index contributed by atoms with van der Waals surface area (Å²) in [7, 11) is 0. The van der Waals surface area contributed by atoms with Gasteiger partial charge in [0.1, 0.15) is 11.0 Å². The molecule has 0 bridgehead atoms. The van der Waals surface area contributed by atoms with Crippen LogP contribution in [0.2, 0.25) is 0 Å². The van der Waals surface area contributed by atoms with E-state index < -0.39 is 11.2 Å². The molecule has 2 heterocycles. The van der Waals surface area contributed by atoms with Crippen LogP contribution < -0.4 is 5.32 Å². The minimum absolute atomic E-state index is 0.249. The van der Waals surface area contributed by atoms with Gasteiger partial charge in [0, 0.05) is 11.1 Å². The second-order valence-corrected chi connectivity index (χ2v) is 6.10. The molecule has 3 rings (SSSR count). The number of thioether (sulfide) groups is 1. The van der Waals surface area contributed by atoms with E-state index in [4.69, 9.17) is 9.52 Å². The third-order valence-electron chi connectivity index (χ3n) is 3.23. The summed E-state index contributed by atoms with van der Waals surface area (Å²) >= 11 is 1.06. The molecule has 7 nitrogen and oxygen atoms in total. The molecule has 1 aliphatic rings. The lowest BCUT2D eigenvalue weighted by Crippen LogP contribution is -2.26. The first kappa shape index (κ1) is 16.0. The summed E-state index contributed by atoms with van der Waals surface area (Å²) < 4.78 is 5.39. The summed E-state index contributed by atoms with van der Waals surface area (Å²) in [5.41, 5.74) is 1.69. The first-order valence-corrected chi connectivity index (χ1v) is 7.94. The fourth-order valence-electron chi connectivity index (χ4n) is 2.15. The van der Waals surface area contributed by atoms with Crippen LogP contribution >= 0.6 is 11.8 Å². The molecule has 122 valence electrons. The van der Waals surface area contributed by atoms with Gasteiger partial charge in [-0.3, -0.25) is 9.59 Å². The number of carboxylic acids is 1. The topological polar surface area (TPSA) is 104 Å². The summed E-state index contributed by atoms with van der Waals surface area (Å²) in [6.07, 6.45) is 2.90. The highest BCUT2D eigenvalue weighted by atomic mass is 32.2. The molecule has 1 aromatic heterocycles. The second-order valence-electron chi connectivity index (χ2n) is 4.91. The molecule has 0 spiro atoms. The van der Waals surface area contributed by atoms with Crippen molar-refractivity contribution in [2.75, 3.05) is 0 Å². The monoisotopic (exact) mass is 343 g/mol. The molecule has 0 saturated carbocycles. The normalized spacial score (nSPS) is 19.1. The number of carbonyl (C=O) groups is 2. The predicted molar refractivity (Wildman–Crippen MR) is 90.9 cm³/mol. The number of carbonyl (C=O) groups excluding carboxylic acids is 1. The van der Waals surface area contributed by atoms with Crippen molar-refractivity contribution in [3.63, 3.8) is 0 Å². The van der Waals surface area contributed by atoms with Crippen molar-refractivity contribution in [2.24, 2.45) is 10.2 Å². The first-order valence-electron chi connectivity index (χ1n) is 7.07. The molecule has 1 atom stereocenters. The SMILES string of the molecule is O=C(O)CC1SC(=NN=Cc2ccccc2-c2ccco2)NC1=O. The highest BCUT2D eigenvalue weighted by molar-refractivity contribution is 8.15. The lowest BCUT2D eigenvalue weighted by molar-refractivity contribution is -0.138. The maximum Gasteiger partial charge on any atom is 0.305 e. The fraction of sp³-hybridized carbons (Fsp3) is 0.125. The van der Waals surface area contributed by atoms with Gasteiger partial charge in [-0.25, -0.2) is 0 Å². The summed E-state index contributed by atoms with van der Waals surface area (Å²) in [6, 6.07) is 11.2. The Bertz CT molecular complexity index is 814. The highest BCUT2D eigenvalue weighted by Crippen LogP contribution is 2.24. The second kappa shape index (κ2) is 7.14. The van der Waals surface area contributed by atoms with Gasteiger partial charge in [-0.05, 0) is 12.1 Å². The Morgan fingerprint density at radius 3 is 2.92 bits per heavy atom. The van der Waals surface area contributed by atoms with E-state index in [0.717, 1.165) is 28.6 Å². The van der Waals surface area contributed by atoms with Crippen molar-refractivity contribution in [3.8, 4) is 11.3 Å². The zero-order valence-electron chi connectivity index (χ0n) is 12.4. The molecule has 2 N–H and O–H groups in total. The molecule has 1 aromatic carbocycles. The van der Waals surface area contributed by atoms with Gasteiger partial charge in [-0.1, -0.05) is 36.0 Å². The van der Waals surface area contributed by atoms with E-state index in [1.165, 1.54) is 0 Å². The third kappa shape index (κ3) is 3.72. The van der Waals surface area contributed by atoms with Crippen LogP contribution in [0.15, 0.2) is 57.3 Å². The Kier molecular flexibility index (Phi) is 4.76. The Labute approximate surface area is 141 Å². The van der Waals surface area contributed by atoms with E-state index in [9.17, 15) is 9.59 Å². The summed E-state index contributed by atoms with van der Waals surface area (Å²) in [4.78, 5) is 22.3. The summed E-state index contributed by atoms with van der Waals surface area (Å²) in [6.45, 7) is 0. The van der Waals surface area contributed by atoms with Gasteiger partial charge in [-0.2, -0.15) is 5.10 Å². The van der Waals surface area contributed by atoms with E-state index >= 15 is 0 Å². The average molecular weight is 343 g/mol. The zero-order chi connectivity index (χ0) is 16.9. The van der Waals surface area contributed by atoms with Crippen LogP contribution in [0.1, 0.15) is 12.0 Å². The number of nitrogens with one attached hydrogen (secondary N) is 1. The van der Waals surface area contributed by atoms with Crippen molar-refractivity contribution in [1.82, 2.24) is 5.32 Å². The van der Waals surface area contributed by atoms with Crippen LogP contribution in [0.25, 0.3) is 11.3 Å². The molecule has 8 heteroatoms.